The summed E-state index contributed by atoms with van der Waals surface area (Å²) in [5, 5.41) is 0. The molecule has 1 aliphatic rings. The zero-order valence-corrected chi connectivity index (χ0v) is 10.8. The molecule has 1 aromatic carbocycles. The molecular weight excluding hydrogens is 246 g/mol. The lowest BCUT2D eigenvalue weighted by Crippen LogP contribution is -2.49. The van der Waals surface area contributed by atoms with Crippen LogP contribution < -0.4 is 11.5 Å². The van der Waals surface area contributed by atoms with Crippen LogP contribution >= 0.6 is 0 Å². The number of nitrogens with two attached hydrogens (primary N) is 2. The number of carbonyl (C=O) groups is 3. The van der Waals surface area contributed by atoms with E-state index in [0.717, 1.165) is 4.90 Å². The summed E-state index contributed by atoms with van der Waals surface area (Å²) in [6.45, 7) is 3.24. The summed E-state index contributed by atoms with van der Waals surface area (Å²) in [4.78, 5) is 36.7. The molecule has 2 rings (SSSR count). The highest BCUT2D eigenvalue weighted by atomic mass is 16.2. The lowest BCUT2D eigenvalue weighted by Gasteiger charge is -2.32. The monoisotopic (exact) mass is 261 g/mol. The first-order chi connectivity index (χ1) is 8.75. The highest BCUT2D eigenvalue weighted by molar-refractivity contribution is 6.24. The highest BCUT2D eigenvalue weighted by Crippen LogP contribution is 2.33. The van der Waals surface area contributed by atoms with E-state index in [1.165, 1.54) is 0 Å². The van der Waals surface area contributed by atoms with E-state index in [0.29, 0.717) is 0 Å². The van der Waals surface area contributed by atoms with Gasteiger partial charge in [-0.3, -0.25) is 19.3 Å². The molecule has 0 unspecified atom stereocenters. The largest absolute Gasteiger partial charge is 0.398 e. The molecule has 0 aromatic heterocycles. The maximum absolute atomic E-state index is 12.3. The van der Waals surface area contributed by atoms with Crippen LogP contribution in [0.3, 0.4) is 0 Å². The summed E-state index contributed by atoms with van der Waals surface area (Å²) < 4.78 is 0. The Bertz CT molecular complexity index is 593. The number of rotatable bonds is 3. The van der Waals surface area contributed by atoms with E-state index in [-0.39, 0.29) is 23.2 Å². The van der Waals surface area contributed by atoms with Gasteiger partial charge in [-0.2, -0.15) is 0 Å². The van der Waals surface area contributed by atoms with Crippen molar-refractivity contribution in [2.24, 2.45) is 5.73 Å². The van der Waals surface area contributed by atoms with Crippen molar-refractivity contribution < 1.29 is 14.4 Å². The maximum atomic E-state index is 12.3. The number of primary amides is 1. The van der Waals surface area contributed by atoms with Crippen LogP contribution in [0, 0.1) is 0 Å². The van der Waals surface area contributed by atoms with Crippen molar-refractivity contribution in [1.82, 2.24) is 4.90 Å². The average molecular weight is 261 g/mol. The van der Waals surface area contributed by atoms with Crippen molar-refractivity contribution in [2.45, 2.75) is 25.8 Å². The molecule has 0 aliphatic carbocycles. The number of anilines is 1. The number of nitrogen functional groups attached to an aromatic ring is 1. The van der Waals surface area contributed by atoms with E-state index < -0.39 is 23.3 Å². The van der Waals surface area contributed by atoms with Crippen LogP contribution in [0.5, 0.6) is 0 Å². The Hall–Kier alpha value is -2.37. The maximum Gasteiger partial charge on any atom is 0.264 e. The Morgan fingerprint density at radius 1 is 1.26 bits per heavy atom. The van der Waals surface area contributed by atoms with Crippen molar-refractivity contribution in [3.63, 3.8) is 0 Å². The van der Waals surface area contributed by atoms with Crippen LogP contribution in [0.1, 0.15) is 41.0 Å². The minimum atomic E-state index is -0.981. The van der Waals surface area contributed by atoms with Gasteiger partial charge in [-0.1, -0.05) is 6.07 Å². The molecule has 0 atom stereocenters. The first-order valence-electron chi connectivity index (χ1n) is 5.81. The number of fused-ring (bicyclic) bond motifs is 1. The molecule has 0 spiro atoms. The van der Waals surface area contributed by atoms with Crippen molar-refractivity contribution in [1.29, 1.82) is 0 Å². The number of nitrogens with zero attached hydrogens (tertiary/aromatic N) is 1. The number of hydrogen-bond donors (Lipinski definition) is 2. The van der Waals surface area contributed by atoms with Gasteiger partial charge in [0.1, 0.15) is 0 Å². The lowest BCUT2D eigenvalue weighted by atomic mass is 9.98. The molecule has 19 heavy (non-hydrogen) atoms. The lowest BCUT2D eigenvalue weighted by molar-refractivity contribution is -0.119. The molecule has 0 bridgehead atoms. The van der Waals surface area contributed by atoms with Gasteiger partial charge in [0.05, 0.1) is 16.7 Å². The first kappa shape index (κ1) is 13.1. The summed E-state index contributed by atoms with van der Waals surface area (Å²) >= 11 is 0. The smallest absolute Gasteiger partial charge is 0.264 e. The number of benzene rings is 1. The molecule has 0 saturated heterocycles. The summed E-state index contributed by atoms with van der Waals surface area (Å²) in [7, 11) is 0. The summed E-state index contributed by atoms with van der Waals surface area (Å²) in [6.07, 6.45) is -0.0988. The second-order valence-electron chi connectivity index (χ2n) is 5.17. The van der Waals surface area contributed by atoms with Crippen LogP contribution in [-0.2, 0) is 4.79 Å². The molecular formula is C13H15N3O3. The minimum Gasteiger partial charge on any atom is -0.398 e. The van der Waals surface area contributed by atoms with E-state index in [9.17, 15) is 14.4 Å². The van der Waals surface area contributed by atoms with Gasteiger partial charge in [-0.25, -0.2) is 0 Å². The van der Waals surface area contributed by atoms with Crippen LogP contribution in [0.25, 0.3) is 0 Å². The number of carbonyl (C=O) groups excluding carboxylic acids is 3. The van der Waals surface area contributed by atoms with E-state index in [1.807, 2.05) is 0 Å². The van der Waals surface area contributed by atoms with Crippen LogP contribution in [0.2, 0.25) is 0 Å². The summed E-state index contributed by atoms with van der Waals surface area (Å²) in [5.41, 5.74) is 10.6. The molecule has 1 heterocycles. The van der Waals surface area contributed by atoms with Gasteiger partial charge in [-0.05, 0) is 26.0 Å². The van der Waals surface area contributed by atoms with Crippen molar-refractivity contribution in [3.8, 4) is 0 Å². The van der Waals surface area contributed by atoms with Gasteiger partial charge in [0.25, 0.3) is 11.8 Å². The third-order valence-corrected chi connectivity index (χ3v) is 3.16. The molecule has 4 N–H and O–H groups in total. The third kappa shape index (κ3) is 1.95. The molecule has 0 fully saturated rings. The number of amides is 3. The normalized spacial score (nSPS) is 14.7. The van der Waals surface area contributed by atoms with E-state index in [1.54, 1.807) is 32.0 Å². The van der Waals surface area contributed by atoms with Gasteiger partial charge in [0, 0.05) is 12.1 Å². The first-order valence-corrected chi connectivity index (χ1v) is 5.81. The molecule has 6 nitrogen and oxygen atoms in total. The Kier molecular flexibility index (Phi) is 2.81. The molecule has 1 aliphatic heterocycles. The molecule has 0 radical (unpaired) electrons. The second kappa shape index (κ2) is 4.08. The van der Waals surface area contributed by atoms with E-state index >= 15 is 0 Å². The van der Waals surface area contributed by atoms with E-state index in [4.69, 9.17) is 11.5 Å². The Labute approximate surface area is 110 Å². The summed E-state index contributed by atoms with van der Waals surface area (Å²) in [6, 6.07) is 4.73. The van der Waals surface area contributed by atoms with Crippen LogP contribution in [-0.4, -0.2) is 28.2 Å². The zero-order chi connectivity index (χ0) is 14.4. The van der Waals surface area contributed by atoms with Crippen molar-refractivity contribution in [2.75, 3.05) is 5.73 Å². The minimum absolute atomic E-state index is 0.0988. The Balaban J connectivity index is 2.49. The van der Waals surface area contributed by atoms with Crippen LogP contribution in [0.4, 0.5) is 5.69 Å². The standard InChI is InChI=1S/C13H15N3O3/c1-13(2,6-9(15)17)16-11(18)7-4-3-5-8(14)10(7)12(16)19/h3-5H,6,14H2,1-2H3,(H2,15,17). The fourth-order valence-electron chi connectivity index (χ4n) is 2.37. The van der Waals surface area contributed by atoms with Crippen LogP contribution in [0.15, 0.2) is 18.2 Å². The fraction of sp³-hybridized carbons (Fsp3) is 0.308. The summed E-state index contributed by atoms with van der Waals surface area (Å²) in [5.74, 6) is -1.50. The fourth-order valence-corrected chi connectivity index (χ4v) is 2.37. The van der Waals surface area contributed by atoms with E-state index in [2.05, 4.69) is 0 Å². The third-order valence-electron chi connectivity index (χ3n) is 3.16. The van der Waals surface area contributed by atoms with Crippen molar-refractivity contribution >= 4 is 23.4 Å². The average Bonchev–Trinajstić information content (AvgIpc) is 2.51. The number of imide groups is 1. The molecule has 0 saturated carbocycles. The SMILES string of the molecule is CC(C)(CC(N)=O)N1C(=O)c2cccc(N)c2C1=O. The molecule has 100 valence electrons. The second-order valence-corrected chi connectivity index (χ2v) is 5.17. The Morgan fingerprint density at radius 3 is 2.42 bits per heavy atom. The van der Waals surface area contributed by atoms with Gasteiger partial charge >= 0.3 is 0 Å². The van der Waals surface area contributed by atoms with Gasteiger partial charge in [0.15, 0.2) is 0 Å². The quantitative estimate of drug-likeness (QED) is 0.611. The molecule has 3 amide bonds. The van der Waals surface area contributed by atoms with Crippen molar-refractivity contribution in [3.05, 3.63) is 29.3 Å². The highest BCUT2D eigenvalue weighted by Gasteiger charge is 2.45. The number of hydrogen-bond acceptors (Lipinski definition) is 4. The topological polar surface area (TPSA) is 106 Å². The predicted molar refractivity (Wildman–Crippen MR) is 69.2 cm³/mol. The zero-order valence-electron chi connectivity index (χ0n) is 10.8. The predicted octanol–water partition coefficient (Wildman–Crippen LogP) is 0.519. The van der Waals surface area contributed by atoms with Gasteiger partial charge < -0.3 is 11.5 Å². The Morgan fingerprint density at radius 2 is 1.89 bits per heavy atom. The molecule has 1 aromatic rings. The van der Waals surface area contributed by atoms with Gasteiger partial charge in [0.2, 0.25) is 5.91 Å². The molecule has 6 heteroatoms. The van der Waals surface area contributed by atoms with Gasteiger partial charge in [-0.15, -0.1) is 0 Å².